The summed E-state index contributed by atoms with van der Waals surface area (Å²) in [5.74, 6) is -2.29. The normalized spacial score (nSPS) is 32.4. The van der Waals surface area contributed by atoms with Gasteiger partial charge in [-0.1, -0.05) is 13.5 Å². The number of methoxy groups -OCH3 is 1. The number of aliphatic hydroxyl groups excluding tert-OH is 5. The maximum atomic E-state index is 12.1. The van der Waals surface area contributed by atoms with Crippen molar-refractivity contribution in [2.75, 3.05) is 60.0 Å². The van der Waals surface area contributed by atoms with Gasteiger partial charge in [-0.2, -0.15) is 0 Å². The van der Waals surface area contributed by atoms with E-state index in [0.29, 0.717) is 12.8 Å². The van der Waals surface area contributed by atoms with Crippen LogP contribution in [-0.4, -0.2) is 158 Å². The Morgan fingerprint density at radius 3 is 1.91 bits per heavy atom. The van der Waals surface area contributed by atoms with E-state index in [2.05, 4.69) is 6.58 Å². The summed E-state index contributed by atoms with van der Waals surface area (Å²) in [6.45, 7) is 10.2. The zero-order valence-electron chi connectivity index (χ0n) is 28.2. The maximum absolute atomic E-state index is 12.1. The molecule has 2 aliphatic rings. The Kier molecular flexibility index (Phi) is 18.8. The van der Waals surface area contributed by atoms with Crippen molar-refractivity contribution in [3.05, 3.63) is 12.2 Å². The van der Waals surface area contributed by atoms with E-state index in [1.807, 2.05) is 6.92 Å². The number of carbonyl (C=O) groups is 2. The predicted molar refractivity (Wildman–Crippen MR) is 165 cm³/mol. The van der Waals surface area contributed by atoms with Crippen LogP contribution in [0.25, 0.3) is 0 Å². The van der Waals surface area contributed by atoms with Crippen LogP contribution in [0.2, 0.25) is 0 Å². The summed E-state index contributed by atoms with van der Waals surface area (Å²) >= 11 is 0. The Morgan fingerprint density at radius 2 is 1.34 bits per heavy atom. The SMILES string of the molecule is C=C(C)C(=O)OCCCC(=O)OC(C)COCC1OC(CC)C(O)C(O)C1COCC1OC(COCC(C)O)C(COC)C(O)C1O. The molecule has 2 saturated heterocycles. The van der Waals surface area contributed by atoms with E-state index in [-0.39, 0.29) is 64.8 Å². The molecule has 5 N–H and O–H groups in total. The minimum absolute atomic E-state index is 0.00963. The first-order chi connectivity index (χ1) is 22.3. The molecule has 15 heteroatoms. The van der Waals surface area contributed by atoms with Crippen LogP contribution in [0, 0.1) is 11.8 Å². The van der Waals surface area contributed by atoms with Crippen LogP contribution in [0.15, 0.2) is 12.2 Å². The van der Waals surface area contributed by atoms with E-state index in [0.717, 1.165) is 0 Å². The Labute approximate surface area is 277 Å². The fraction of sp³-hybridized carbons (Fsp3) is 0.875. The first kappa shape index (κ1) is 41.4. The van der Waals surface area contributed by atoms with Gasteiger partial charge in [0, 0.05) is 30.9 Å². The van der Waals surface area contributed by atoms with Crippen molar-refractivity contribution < 1.29 is 73.0 Å². The minimum atomic E-state index is -1.29. The molecule has 2 fully saturated rings. The lowest BCUT2D eigenvalue weighted by Gasteiger charge is -2.44. The zero-order chi connectivity index (χ0) is 35.1. The van der Waals surface area contributed by atoms with Crippen LogP contribution in [0.3, 0.4) is 0 Å². The summed E-state index contributed by atoms with van der Waals surface area (Å²) in [6, 6.07) is 0. The minimum Gasteiger partial charge on any atom is -0.462 e. The predicted octanol–water partition coefficient (Wildman–Crippen LogP) is -0.485. The van der Waals surface area contributed by atoms with Crippen molar-refractivity contribution in [2.45, 2.75) is 108 Å². The van der Waals surface area contributed by atoms with Crippen molar-refractivity contribution in [1.29, 1.82) is 0 Å². The third kappa shape index (κ3) is 13.6. The first-order valence-electron chi connectivity index (χ1n) is 16.3. The van der Waals surface area contributed by atoms with Crippen LogP contribution in [0.4, 0.5) is 0 Å². The molecule has 0 aromatic carbocycles. The quantitative estimate of drug-likeness (QED) is 0.0589. The van der Waals surface area contributed by atoms with Crippen LogP contribution < -0.4 is 0 Å². The average molecular weight is 681 g/mol. The molecule has 0 aromatic rings. The monoisotopic (exact) mass is 680 g/mol. The fourth-order valence-corrected chi connectivity index (χ4v) is 5.45. The molecule has 0 spiro atoms. The summed E-state index contributed by atoms with van der Waals surface area (Å²) in [5.41, 5.74) is 0.277. The second-order valence-electron chi connectivity index (χ2n) is 12.4. The topological polar surface area (TPSA) is 209 Å². The molecule has 2 rings (SSSR count). The van der Waals surface area contributed by atoms with Crippen LogP contribution in [0.1, 0.15) is 47.0 Å². The summed E-state index contributed by atoms with van der Waals surface area (Å²) in [6.07, 6.45) is -8.22. The molecule has 2 aliphatic heterocycles. The van der Waals surface area contributed by atoms with Crippen molar-refractivity contribution in [3.63, 3.8) is 0 Å². The lowest BCUT2D eigenvalue weighted by molar-refractivity contribution is -0.243. The van der Waals surface area contributed by atoms with Gasteiger partial charge in [0.2, 0.25) is 0 Å². The summed E-state index contributed by atoms with van der Waals surface area (Å²) in [4.78, 5) is 23.6. The summed E-state index contributed by atoms with van der Waals surface area (Å²) < 4.78 is 44.8. The van der Waals surface area contributed by atoms with Gasteiger partial charge in [-0.15, -0.1) is 0 Å². The molecular weight excluding hydrogens is 624 g/mol. The van der Waals surface area contributed by atoms with Crippen molar-refractivity contribution in [3.8, 4) is 0 Å². The number of hydrogen-bond donors (Lipinski definition) is 5. The molecule has 0 radical (unpaired) electrons. The third-order valence-electron chi connectivity index (χ3n) is 8.06. The molecule has 0 bridgehead atoms. The van der Waals surface area contributed by atoms with E-state index in [1.54, 1.807) is 13.8 Å². The van der Waals surface area contributed by atoms with Gasteiger partial charge in [-0.05, 0) is 33.6 Å². The maximum Gasteiger partial charge on any atom is 0.333 e. The van der Waals surface area contributed by atoms with Gasteiger partial charge in [0.25, 0.3) is 0 Å². The van der Waals surface area contributed by atoms with E-state index in [9.17, 15) is 35.1 Å². The Bertz CT molecular complexity index is 932. The van der Waals surface area contributed by atoms with Gasteiger partial charge < -0.3 is 63.4 Å². The number of carbonyl (C=O) groups excluding carboxylic acids is 2. The third-order valence-corrected chi connectivity index (χ3v) is 8.06. The second kappa shape index (κ2) is 21.4. The molecule has 0 aromatic heterocycles. The lowest BCUT2D eigenvalue weighted by atomic mass is 9.86. The van der Waals surface area contributed by atoms with Crippen molar-refractivity contribution in [1.82, 2.24) is 0 Å². The van der Waals surface area contributed by atoms with E-state index in [4.69, 9.17) is 37.9 Å². The highest BCUT2D eigenvalue weighted by Gasteiger charge is 2.46. The van der Waals surface area contributed by atoms with Gasteiger partial charge in [0.05, 0.1) is 89.5 Å². The number of ether oxygens (including phenoxy) is 8. The Hall–Kier alpha value is -1.76. The van der Waals surface area contributed by atoms with E-state index in [1.165, 1.54) is 14.0 Å². The molecule has 274 valence electrons. The van der Waals surface area contributed by atoms with Crippen LogP contribution in [0.5, 0.6) is 0 Å². The molecular formula is C32H56O15. The fourth-order valence-electron chi connectivity index (χ4n) is 5.45. The van der Waals surface area contributed by atoms with Crippen molar-refractivity contribution in [2.24, 2.45) is 11.8 Å². The van der Waals surface area contributed by atoms with Gasteiger partial charge in [-0.3, -0.25) is 4.79 Å². The molecule has 47 heavy (non-hydrogen) atoms. The Balaban J connectivity index is 1.90. The molecule has 0 aliphatic carbocycles. The highest BCUT2D eigenvalue weighted by molar-refractivity contribution is 5.86. The van der Waals surface area contributed by atoms with Gasteiger partial charge >= 0.3 is 11.9 Å². The Morgan fingerprint density at radius 1 is 0.787 bits per heavy atom. The molecule has 0 saturated carbocycles. The highest BCUT2D eigenvalue weighted by Crippen LogP contribution is 2.30. The molecule has 12 unspecified atom stereocenters. The molecule has 0 amide bonds. The highest BCUT2D eigenvalue weighted by atomic mass is 16.6. The van der Waals surface area contributed by atoms with E-state index >= 15 is 0 Å². The first-order valence-corrected chi connectivity index (χ1v) is 16.3. The van der Waals surface area contributed by atoms with Gasteiger partial charge in [0.1, 0.15) is 24.4 Å². The number of esters is 2. The number of aliphatic hydroxyl groups is 5. The molecule has 12 atom stereocenters. The second-order valence-corrected chi connectivity index (χ2v) is 12.4. The standard InChI is InChI=1S/C32H56O15/c1-7-23-30(37)29(36)22(25(46-23)16-42-12-20(5)45-27(34)9-8-10-44-32(39)18(2)3)14-43-17-26-31(38)28(35)21(13-40-6)24(47-26)15-41-11-19(4)33/h19-26,28-31,33,35-38H,2,7-17H2,1,3-6H3. The summed E-state index contributed by atoms with van der Waals surface area (Å²) in [7, 11) is 1.47. The number of rotatable bonds is 21. The largest absolute Gasteiger partial charge is 0.462 e. The van der Waals surface area contributed by atoms with E-state index < -0.39 is 84.8 Å². The smallest absolute Gasteiger partial charge is 0.333 e. The molecule has 2 heterocycles. The van der Waals surface area contributed by atoms with Crippen LogP contribution in [-0.2, 0) is 47.5 Å². The number of hydrogen-bond acceptors (Lipinski definition) is 15. The zero-order valence-corrected chi connectivity index (χ0v) is 28.2. The van der Waals surface area contributed by atoms with Gasteiger partial charge in [-0.25, -0.2) is 4.79 Å². The van der Waals surface area contributed by atoms with Crippen LogP contribution >= 0.6 is 0 Å². The summed E-state index contributed by atoms with van der Waals surface area (Å²) in [5, 5.41) is 52.7. The molecule has 15 nitrogen and oxygen atoms in total. The van der Waals surface area contributed by atoms with Gasteiger partial charge in [0.15, 0.2) is 0 Å². The van der Waals surface area contributed by atoms with Crippen molar-refractivity contribution >= 4 is 11.9 Å². The lowest BCUT2D eigenvalue weighted by Crippen LogP contribution is -2.59. The average Bonchev–Trinajstić information content (AvgIpc) is 3.01.